The van der Waals surface area contributed by atoms with Gasteiger partial charge in [-0.15, -0.1) is 0 Å². The van der Waals surface area contributed by atoms with Crippen molar-refractivity contribution >= 4 is 44.3 Å². The zero-order valence-corrected chi connectivity index (χ0v) is 28.7. The molecule has 0 spiro atoms. The number of aryl methyl sites for hydroxylation is 1. The van der Waals surface area contributed by atoms with E-state index < -0.39 is 16.1 Å². The second-order valence-corrected chi connectivity index (χ2v) is 15.1. The molecule has 0 bridgehead atoms. The van der Waals surface area contributed by atoms with Crippen LogP contribution in [0.15, 0.2) is 36.4 Å². The van der Waals surface area contributed by atoms with E-state index in [9.17, 15) is 18.0 Å². The lowest BCUT2D eigenvalue weighted by Crippen LogP contribution is -2.52. The Morgan fingerprint density at radius 3 is 2.30 bits per heavy atom. The van der Waals surface area contributed by atoms with Gasteiger partial charge in [0.05, 0.1) is 36.3 Å². The number of piperazine rings is 1. The molecule has 3 heterocycles. The molecule has 3 aromatic rings. The normalized spacial score (nSPS) is 18.2. The maximum absolute atomic E-state index is 13.3. The number of carbonyl (C=O) groups excluding carboxylic acids is 2. The molecular formula is C33H46N6O6S. The highest BCUT2D eigenvalue weighted by Crippen LogP contribution is 2.39. The Labute approximate surface area is 271 Å². The fourth-order valence-electron chi connectivity index (χ4n) is 6.38. The summed E-state index contributed by atoms with van der Waals surface area (Å²) in [5, 5.41) is 3.70. The van der Waals surface area contributed by atoms with Gasteiger partial charge in [-0.25, -0.2) is 13.2 Å². The molecule has 46 heavy (non-hydrogen) atoms. The van der Waals surface area contributed by atoms with E-state index >= 15 is 0 Å². The largest absolute Gasteiger partial charge is 0.492 e. The molecule has 2 N–H and O–H groups in total. The van der Waals surface area contributed by atoms with E-state index in [0.717, 1.165) is 60.8 Å². The van der Waals surface area contributed by atoms with Crippen LogP contribution < -0.4 is 19.5 Å². The van der Waals surface area contributed by atoms with E-state index in [1.54, 1.807) is 12.1 Å². The summed E-state index contributed by atoms with van der Waals surface area (Å²) in [5.74, 6) is 0.776. The van der Waals surface area contributed by atoms with Crippen molar-refractivity contribution in [2.45, 2.75) is 51.6 Å². The lowest BCUT2D eigenvalue weighted by molar-refractivity contribution is -0.137. The summed E-state index contributed by atoms with van der Waals surface area (Å²) in [7, 11) is 1.69. The van der Waals surface area contributed by atoms with Crippen LogP contribution in [0.3, 0.4) is 0 Å². The molecule has 2 aliphatic rings. The average molecular weight is 655 g/mol. The van der Waals surface area contributed by atoms with Gasteiger partial charge in [-0.2, -0.15) is 0 Å². The van der Waals surface area contributed by atoms with Crippen molar-refractivity contribution < 1.29 is 27.5 Å². The van der Waals surface area contributed by atoms with Crippen molar-refractivity contribution in [3.8, 4) is 11.6 Å². The number of ether oxygens (including phenoxy) is 2. The van der Waals surface area contributed by atoms with Gasteiger partial charge in [-0.05, 0) is 55.1 Å². The second kappa shape index (κ2) is 13.1. The minimum Gasteiger partial charge on any atom is -0.492 e. The Morgan fingerprint density at radius 2 is 1.70 bits per heavy atom. The topological polar surface area (TPSA) is 125 Å². The van der Waals surface area contributed by atoms with Crippen LogP contribution >= 0.6 is 0 Å². The Balaban J connectivity index is 1.31. The first kappa shape index (κ1) is 33.6. The maximum Gasteiger partial charge on any atom is 0.418 e. The van der Waals surface area contributed by atoms with E-state index in [1.165, 1.54) is 7.11 Å². The monoisotopic (exact) mass is 654 g/mol. The van der Waals surface area contributed by atoms with Crippen LogP contribution in [0.5, 0.6) is 11.6 Å². The highest BCUT2D eigenvalue weighted by molar-refractivity contribution is 7.92. The minimum atomic E-state index is -3.61. The molecule has 2 saturated heterocycles. The predicted molar refractivity (Wildman–Crippen MR) is 180 cm³/mol. The van der Waals surface area contributed by atoms with Gasteiger partial charge < -0.3 is 18.9 Å². The molecule has 12 nitrogen and oxygen atoms in total. The lowest BCUT2D eigenvalue weighted by Gasteiger charge is -2.37. The molecule has 2 amide bonds. The Kier molecular flexibility index (Phi) is 9.57. The number of benzene rings is 2. The number of anilines is 2. The summed E-state index contributed by atoms with van der Waals surface area (Å²) in [6.45, 7) is 10.7. The van der Waals surface area contributed by atoms with Crippen LogP contribution in [0.2, 0.25) is 0 Å². The molecule has 0 unspecified atom stereocenters. The quantitative estimate of drug-likeness (QED) is 0.370. The second-order valence-electron chi connectivity index (χ2n) is 13.4. The first-order valence-corrected chi connectivity index (χ1v) is 17.5. The first-order valence-electron chi connectivity index (χ1n) is 15.6. The molecule has 2 fully saturated rings. The van der Waals surface area contributed by atoms with Crippen LogP contribution in [0.25, 0.3) is 10.9 Å². The summed E-state index contributed by atoms with van der Waals surface area (Å²) in [5.41, 5.74) is 3.01. The summed E-state index contributed by atoms with van der Waals surface area (Å²) in [6, 6.07) is 11.4. The van der Waals surface area contributed by atoms with Gasteiger partial charge >= 0.3 is 6.09 Å². The molecule has 1 aromatic heterocycles. The van der Waals surface area contributed by atoms with Crippen molar-refractivity contribution in [1.29, 1.82) is 0 Å². The molecule has 5 rings (SSSR count). The average Bonchev–Trinajstić information content (AvgIpc) is 3.54. The molecule has 0 aliphatic carbocycles. The number of rotatable bonds is 8. The maximum atomic E-state index is 13.3. The molecule has 250 valence electrons. The summed E-state index contributed by atoms with van der Waals surface area (Å²) in [4.78, 5) is 32.8. The third-order valence-corrected chi connectivity index (χ3v) is 9.46. The van der Waals surface area contributed by atoms with Crippen LogP contribution in [-0.2, 0) is 33.8 Å². The Bertz CT molecular complexity index is 1720. The SMILES string of the molecule is COc1c(NC(=O)Oc2cc3cccc(CN4CCN(C(=O)[C@@H]5CCCN5C)CC4)c3n2C)cc(C(C)(C)C)cc1NS(C)(=O)=O. The first-order chi connectivity index (χ1) is 21.6. The van der Waals surface area contributed by atoms with E-state index in [4.69, 9.17) is 9.47 Å². The van der Waals surface area contributed by atoms with Gasteiger partial charge in [0.15, 0.2) is 5.75 Å². The minimum absolute atomic E-state index is 0.00834. The number of sulfonamides is 1. The highest BCUT2D eigenvalue weighted by atomic mass is 32.2. The Morgan fingerprint density at radius 1 is 1.00 bits per heavy atom. The van der Waals surface area contributed by atoms with E-state index in [0.29, 0.717) is 25.5 Å². The fourth-order valence-corrected chi connectivity index (χ4v) is 6.93. The van der Waals surface area contributed by atoms with Gasteiger partial charge in [0.25, 0.3) is 0 Å². The van der Waals surface area contributed by atoms with Gasteiger partial charge in [0.2, 0.25) is 21.8 Å². The van der Waals surface area contributed by atoms with E-state index in [-0.39, 0.29) is 34.5 Å². The summed E-state index contributed by atoms with van der Waals surface area (Å²) in [6.07, 6.45) is 2.33. The molecule has 0 radical (unpaired) electrons. The molecule has 2 aromatic carbocycles. The van der Waals surface area contributed by atoms with Crippen LogP contribution in [0, 0.1) is 0 Å². The third-order valence-electron chi connectivity index (χ3n) is 8.87. The summed E-state index contributed by atoms with van der Waals surface area (Å²) >= 11 is 0. The van der Waals surface area contributed by atoms with Gasteiger partial charge in [-0.3, -0.25) is 24.6 Å². The number of amides is 2. The predicted octanol–water partition coefficient (Wildman–Crippen LogP) is 4.21. The van der Waals surface area contributed by atoms with Crippen molar-refractivity contribution in [3.05, 3.63) is 47.5 Å². The number of methoxy groups -OCH3 is 1. The number of likely N-dealkylation sites (tertiary alicyclic amines) is 1. The Hall–Kier alpha value is -3.81. The highest BCUT2D eigenvalue weighted by Gasteiger charge is 2.33. The zero-order chi connectivity index (χ0) is 33.4. The molecule has 1 atom stereocenters. The number of hydrogen-bond donors (Lipinski definition) is 2. The van der Waals surface area contributed by atoms with E-state index in [1.807, 2.05) is 62.5 Å². The smallest absolute Gasteiger partial charge is 0.418 e. The van der Waals surface area contributed by atoms with Crippen molar-refractivity contribution in [2.75, 3.05) is 63.2 Å². The number of fused-ring (bicyclic) bond motifs is 1. The van der Waals surface area contributed by atoms with Crippen LogP contribution in [0.4, 0.5) is 16.2 Å². The zero-order valence-electron chi connectivity index (χ0n) is 27.8. The number of nitrogens with zero attached hydrogens (tertiary/aromatic N) is 4. The fraction of sp³-hybridized carbons (Fsp3) is 0.515. The van der Waals surface area contributed by atoms with Crippen molar-refractivity contribution in [2.24, 2.45) is 7.05 Å². The van der Waals surface area contributed by atoms with E-state index in [2.05, 4.69) is 25.9 Å². The molecule has 13 heteroatoms. The standard InChI is InChI=1S/C33H46N6O6S/c1-33(2,3)24-19-25(30(44-6)26(20-24)35-46(7,42)43)34-32(41)45-28-18-22-10-8-11-23(29(22)37(28)5)21-38-14-16-39(17-15-38)31(40)27-12-9-13-36(27)4/h8,10-11,18-20,27,35H,9,12-17,21H2,1-7H3,(H,34,41)/t27-/m0/s1. The van der Waals surface area contributed by atoms with Crippen LogP contribution in [0.1, 0.15) is 44.7 Å². The number of likely N-dealkylation sites (N-methyl/N-ethyl adjacent to an activating group) is 1. The van der Waals surface area contributed by atoms with Gasteiger partial charge in [0, 0.05) is 51.2 Å². The molecule has 0 saturated carbocycles. The third kappa shape index (κ3) is 7.42. The van der Waals surface area contributed by atoms with Crippen LogP contribution in [-0.4, -0.2) is 98.9 Å². The number of hydrogen-bond acceptors (Lipinski definition) is 8. The molecular weight excluding hydrogens is 608 g/mol. The molecule has 2 aliphatic heterocycles. The number of nitrogens with one attached hydrogen (secondary N) is 2. The van der Waals surface area contributed by atoms with Crippen molar-refractivity contribution in [1.82, 2.24) is 19.3 Å². The van der Waals surface area contributed by atoms with Gasteiger partial charge in [0.1, 0.15) is 0 Å². The van der Waals surface area contributed by atoms with Gasteiger partial charge in [-0.1, -0.05) is 39.0 Å². The number of aromatic nitrogens is 1. The lowest BCUT2D eigenvalue weighted by atomic mass is 9.86. The van der Waals surface area contributed by atoms with Crippen molar-refractivity contribution in [3.63, 3.8) is 0 Å². The number of carbonyl (C=O) groups is 2. The summed E-state index contributed by atoms with van der Waals surface area (Å²) < 4.78 is 39.8. The number of para-hydroxylation sites is 1.